The number of aromatic nitrogens is 5. The molecule has 158 valence electrons. The van der Waals surface area contributed by atoms with Crippen molar-refractivity contribution < 1.29 is 9.63 Å². The van der Waals surface area contributed by atoms with Gasteiger partial charge >= 0.3 is 0 Å². The number of imidazole rings is 1. The number of hydrogen-bond acceptors (Lipinski definition) is 6. The van der Waals surface area contributed by atoms with Crippen LogP contribution in [0.5, 0.6) is 0 Å². The summed E-state index contributed by atoms with van der Waals surface area (Å²) in [4.78, 5) is 27.5. The summed E-state index contributed by atoms with van der Waals surface area (Å²) >= 11 is 0. The first kappa shape index (κ1) is 19.3. The molecular weight excluding hydrogens is 394 g/mol. The lowest BCUT2D eigenvalue weighted by Gasteiger charge is -2.26. The summed E-state index contributed by atoms with van der Waals surface area (Å²) in [6, 6.07) is 11.5. The van der Waals surface area contributed by atoms with Crippen LogP contribution in [-0.2, 0) is 4.84 Å². The van der Waals surface area contributed by atoms with E-state index in [9.17, 15) is 4.79 Å². The molecule has 1 atom stereocenters. The summed E-state index contributed by atoms with van der Waals surface area (Å²) in [6.45, 7) is 5.36. The van der Waals surface area contributed by atoms with Crippen molar-refractivity contribution >= 4 is 17.4 Å². The van der Waals surface area contributed by atoms with Crippen LogP contribution >= 0.6 is 0 Å². The van der Waals surface area contributed by atoms with Crippen LogP contribution in [0.3, 0.4) is 0 Å². The molecule has 31 heavy (non-hydrogen) atoms. The van der Waals surface area contributed by atoms with Gasteiger partial charge in [-0.1, -0.05) is 17.7 Å². The molecule has 0 bridgehead atoms. The Kier molecular flexibility index (Phi) is 4.87. The van der Waals surface area contributed by atoms with Crippen LogP contribution in [0.2, 0.25) is 0 Å². The predicted octanol–water partition coefficient (Wildman–Crippen LogP) is 2.51. The van der Waals surface area contributed by atoms with Crippen LogP contribution in [0.25, 0.3) is 11.3 Å². The molecule has 1 saturated heterocycles. The number of pyridine rings is 1. The highest BCUT2D eigenvalue weighted by Gasteiger charge is 2.29. The molecule has 0 unspecified atom stereocenters. The molecule has 1 aliphatic heterocycles. The van der Waals surface area contributed by atoms with Crippen molar-refractivity contribution in [3.05, 3.63) is 72.3 Å². The van der Waals surface area contributed by atoms with E-state index in [2.05, 4.69) is 15.2 Å². The van der Waals surface area contributed by atoms with E-state index in [1.54, 1.807) is 17.5 Å². The largest absolute Gasteiger partial charge is 0.332 e. The number of amides is 1. The second-order valence-corrected chi connectivity index (χ2v) is 7.65. The van der Waals surface area contributed by atoms with Gasteiger partial charge in [0.05, 0.1) is 49.0 Å². The highest BCUT2D eigenvalue weighted by Crippen LogP contribution is 2.22. The van der Waals surface area contributed by atoms with Gasteiger partial charge in [0.25, 0.3) is 5.91 Å². The summed E-state index contributed by atoms with van der Waals surface area (Å²) in [7, 11) is 0. The summed E-state index contributed by atoms with van der Waals surface area (Å²) in [5, 5.41) is 10.2. The summed E-state index contributed by atoms with van der Waals surface area (Å²) in [5.41, 5.74) is 3.09. The molecule has 4 aromatic rings. The summed E-state index contributed by atoms with van der Waals surface area (Å²) in [5.74, 6) is 0.661. The van der Waals surface area contributed by atoms with Crippen molar-refractivity contribution in [3.63, 3.8) is 0 Å². The molecule has 5 rings (SSSR count). The lowest BCUT2D eigenvalue weighted by Crippen LogP contribution is -2.41. The van der Waals surface area contributed by atoms with Crippen LogP contribution in [0.1, 0.15) is 22.8 Å². The first-order valence-electron chi connectivity index (χ1n) is 10.2. The van der Waals surface area contributed by atoms with E-state index in [0.717, 1.165) is 17.0 Å². The van der Waals surface area contributed by atoms with E-state index in [1.807, 2.05) is 71.9 Å². The topological polar surface area (TPSA) is 80.8 Å². The zero-order valence-corrected chi connectivity index (χ0v) is 17.4. The SMILES string of the molecule is Cc1ccc(-n2nccn2)c(C(=O)N2CCN(c3cn4ccccc4n3)OC[C@H]2C)c1. The van der Waals surface area contributed by atoms with Crippen LogP contribution < -0.4 is 5.06 Å². The fourth-order valence-corrected chi connectivity index (χ4v) is 3.79. The number of carbonyl (C=O) groups is 1. The number of aryl methyl sites for hydroxylation is 1. The number of hydroxylamine groups is 1. The Labute approximate surface area is 179 Å². The Hall–Kier alpha value is -3.72. The Bertz CT molecular complexity index is 1180. The van der Waals surface area contributed by atoms with Gasteiger partial charge in [-0.25, -0.2) is 10.0 Å². The number of benzene rings is 1. The molecule has 0 radical (unpaired) electrons. The quantitative estimate of drug-likeness (QED) is 0.510. The minimum atomic E-state index is -0.103. The van der Waals surface area contributed by atoms with E-state index >= 15 is 0 Å². The second kappa shape index (κ2) is 7.84. The van der Waals surface area contributed by atoms with Crippen molar-refractivity contribution in [2.45, 2.75) is 19.9 Å². The van der Waals surface area contributed by atoms with Crippen molar-refractivity contribution in [3.8, 4) is 5.69 Å². The van der Waals surface area contributed by atoms with Gasteiger partial charge in [-0.3, -0.25) is 9.63 Å². The van der Waals surface area contributed by atoms with Gasteiger partial charge in [-0.15, -0.1) is 0 Å². The van der Waals surface area contributed by atoms with Crippen LogP contribution in [0, 0.1) is 6.92 Å². The van der Waals surface area contributed by atoms with Crippen LogP contribution in [0.4, 0.5) is 5.82 Å². The number of anilines is 1. The zero-order chi connectivity index (χ0) is 21.4. The normalized spacial score (nSPS) is 17.2. The first-order chi connectivity index (χ1) is 15.1. The highest BCUT2D eigenvalue weighted by atomic mass is 16.7. The number of rotatable bonds is 3. The Morgan fingerprint density at radius 1 is 1.13 bits per heavy atom. The number of hydrogen-bond donors (Lipinski definition) is 0. The maximum Gasteiger partial charge on any atom is 0.256 e. The second-order valence-electron chi connectivity index (χ2n) is 7.65. The van der Waals surface area contributed by atoms with E-state index in [1.165, 1.54) is 4.80 Å². The maximum atomic E-state index is 13.6. The molecule has 0 saturated carbocycles. The number of carbonyl (C=O) groups excluding carboxylic acids is 1. The minimum Gasteiger partial charge on any atom is -0.332 e. The van der Waals surface area contributed by atoms with Crippen LogP contribution in [-0.4, -0.2) is 60.9 Å². The Morgan fingerprint density at radius 2 is 1.97 bits per heavy atom. The van der Waals surface area contributed by atoms with Gasteiger partial charge < -0.3 is 9.30 Å². The van der Waals surface area contributed by atoms with Gasteiger partial charge in [-0.05, 0) is 38.1 Å². The van der Waals surface area contributed by atoms with E-state index in [-0.39, 0.29) is 11.9 Å². The molecule has 0 aliphatic carbocycles. The standard InChI is InChI=1S/C22H23N7O2/c1-16-6-7-19(29-23-8-9-24-29)18(13-16)22(30)27-11-12-28(31-15-17(27)2)21-14-26-10-4-3-5-20(26)25-21/h3-10,13-14,17H,11-12,15H2,1-2H3/t17-/m1/s1. The third-order valence-electron chi connectivity index (χ3n) is 5.43. The first-order valence-corrected chi connectivity index (χ1v) is 10.2. The number of nitrogens with zero attached hydrogens (tertiary/aromatic N) is 7. The lowest BCUT2D eigenvalue weighted by molar-refractivity contribution is 0.0600. The van der Waals surface area contributed by atoms with Gasteiger partial charge in [0.2, 0.25) is 0 Å². The monoisotopic (exact) mass is 417 g/mol. The smallest absolute Gasteiger partial charge is 0.256 e. The van der Waals surface area contributed by atoms with E-state index in [4.69, 9.17) is 4.84 Å². The van der Waals surface area contributed by atoms with Crippen molar-refractivity contribution in [1.29, 1.82) is 0 Å². The summed E-state index contributed by atoms with van der Waals surface area (Å²) in [6.07, 6.45) is 7.08. The molecule has 9 heteroatoms. The molecule has 3 aromatic heterocycles. The van der Waals surface area contributed by atoms with Crippen molar-refractivity contribution in [2.75, 3.05) is 24.8 Å². The third kappa shape index (κ3) is 3.64. The highest BCUT2D eigenvalue weighted by molar-refractivity contribution is 5.98. The molecule has 1 aromatic carbocycles. The van der Waals surface area contributed by atoms with Gasteiger partial charge in [-0.2, -0.15) is 15.0 Å². The van der Waals surface area contributed by atoms with Gasteiger partial charge in [0, 0.05) is 12.7 Å². The molecule has 1 aliphatic rings. The molecule has 1 fully saturated rings. The van der Waals surface area contributed by atoms with Gasteiger partial charge in [0.15, 0.2) is 5.82 Å². The molecule has 9 nitrogen and oxygen atoms in total. The predicted molar refractivity (Wildman–Crippen MR) is 115 cm³/mol. The molecular formula is C22H23N7O2. The molecule has 0 spiro atoms. The Morgan fingerprint density at radius 3 is 2.77 bits per heavy atom. The average Bonchev–Trinajstić information content (AvgIpc) is 3.41. The van der Waals surface area contributed by atoms with E-state index in [0.29, 0.717) is 30.9 Å². The molecule has 0 N–H and O–H groups in total. The lowest BCUT2D eigenvalue weighted by atomic mass is 10.1. The van der Waals surface area contributed by atoms with Crippen molar-refractivity contribution in [1.82, 2.24) is 29.3 Å². The average molecular weight is 417 g/mol. The number of fused-ring (bicyclic) bond motifs is 1. The summed E-state index contributed by atoms with van der Waals surface area (Å²) < 4.78 is 1.95. The zero-order valence-electron chi connectivity index (χ0n) is 17.4. The fraction of sp³-hybridized carbons (Fsp3) is 0.273. The van der Waals surface area contributed by atoms with Crippen LogP contribution in [0.15, 0.2) is 61.2 Å². The van der Waals surface area contributed by atoms with Gasteiger partial charge in [0.1, 0.15) is 5.65 Å². The van der Waals surface area contributed by atoms with E-state index < -0.39 is 0 Å². The molecule has 4 heterocycles. The Balaban J connectivity index is 1.41. The molecule has 1 amide bonds. The fourth-order valence-electron chi connectivity index (χ4n) is 3.79. The minimum absolute atomic E-state index is 0.0658. The maximum absolute atomic E-state index is 13.6. The van der Waals surface area contributed by atoms with Crippen molar-refractivity contribution in [2.24, 2.45) is 0 Å². The third-order valence-corrected chi connectivity index (χ3v) is 5.43.